The number of fused-ring (bicyclic) bond motifs is 1. The van der Waals surface area contributed by atoms with Gasteiger partial charge in [-0.25, -0.2) is 0 Å². The fourth-order valence-corrected chi connectivity index (χ4v) is 3.23. The largest absolute Gasteiger partial charge is 0.506 e. The first kappa shape index (κ1) is 15.5. The van der Waals surface area contributed by atoms with Crippen LogP contribution in [0.4, 0.5) is 5.69 Å². The Morgan fingerprint density at radius 3 is 2.05 bits per heavy atom. The van der Waals surface area contributed by atoms with Crippen molar-refractivity contribution in [2.75, 3.05) is 5.48 Å². The standard InChI is InChI=1S/C10H9NO8S2/c12-7-2-1-5-3-6(20(14,15)16)4-8(21(17,18)19)9(5)10(7)11-13/h1-4,11-13H,(H,14,15,16)(H,17,18,19). The first-order valence-electron chi connectivity index (χ1n) is 5.20. The molecule has 2 aromatic rings. The molecule has 11 heteroatoms. The van der Waals surface area contributed by atoms with E-state index in [4.69, 9.17) is 9.76 Å². The van der Waals surface area contributed by atoms with E-state index in [1.54, 1.807) is 5.48 Å². The fraction of sp³-hybridized carbons (Fsp3) is 0. The Morgan fingerprint density at radius 1 is 0.952 bits per heavy atom. The van der Waals surface area contributed by atoms with Crippen molar-refractivity contribution >= 4 is 36.7 Å². The molecule has 0 aliphatic carbocycles. The van der Waals surface area contributed by atoms with Gasteiger partial charge in [-0.1, -0.05) is 6.07 Å². The quantitative estimate of drug-likeness (QED) is 0.311. The van der Waals surface area contributed by atoms with Crippen LogP contribution in [0.5, 0.6) is 5.75 Å². The van der Waals surface area contributed by atoms with Crippen molar-refractivity contribution in [3.63, 3.8) is 0 Å². The van der Waals surface area contributed by atoms with E-state index in [9.17, 15) is 26.5 Å². The van der Waals surface area contributed by atoms with Crippen LogP contribution in [-0.4, -0.2) is 36.3 Å². The van der Waals surface area contributed by atoms with Gasteiger partial charge in [-0.3, -0.25) is 19.8 Å². The molecule has 0 spiro atoms. The molecular weight excluding hydrogens is 326 g/mol. The van der Waals surface area contributed by atoms with E-state index >= 15 is 0 Å². The molecule has 0 radical (unpaired) electrons. The first-order chi connectivity index (χ1) is 9.55. The molecule has 0 aliphatic heterocycles. The summed E-state index contributed by atoms with van der Waals surface area (Å²) in [7, 11) is -9.63. The second-order valence-electron chi connectivity index (χ2n) is 4.04. The Kier molecular flexibility index (Phi) is 3.55. The van der Waals surface area contributed by atoms with Crippen LogP contribution in [0.15, 0.2) is 34.1 Å². The number of hydrogen-bond donors (Lipinski definition) is 5. The highest BCUT2D eigenvalue weighted by molar-refractivity contribution is 7.86. The van der Waals surface area contributed by atoms with Crippen LogP contribution in [0.1, 0.15) is 0 Å². The molecule has 0 fully saturated rings. The van der Waals surface area contributed by atoms with Gasteiger partial charge in [0, 0.05) is 5.39 Å². The van der Waals surface area contributed by atoms with E-state index in [0.29, 0.717) is 6.07 Å². The minimum absolute atomic E-state index is 0.0629. The maximum atomic E-state index is 11.4. The molecule has 0 aromatic heterocycles. The smallest absolute Gasteiger partial charge is 0.295 e. The Labute approximate surface area is 118 Å². The predicted molar refractivity (Wildman–Crippen MR) is 70.7 cm³/mol. The van der Waals surface area contributed by atoms with E-state index < -0.39 is 41.5 Å². The van der Waals surface area contributed by atoms with Crippen molar-refractivity contribution in [2.45, 2.75) is 9.79 Å². The molecule has 0 unspecified atom stereocenters. The number of anilines is 1. The van der Waals surface area contributed by atoms with Gasteiger partial charge in [0.05, 0.1) is 4.90 Å². The van der Waals surface area contributed by atoms with Crippen molar-refractivity contribution in [3.05, 3.63) is 24.3 Å². The average Bonchev–Trinajstić information content (AvgIpc) is 2.35. The molecule has 0 aliphatic rings. The number of hydrogen-bond acceptors (Lipinski definition) is 7. The molecule has 0 bridgehead atoms. The van der Waals surface area contributed by atoms with E-state index in [1.165, 1.54) is 0 Å². The molecule has 21 heavy (non-hydrogen) atoms. The molecule has 0 amide bonds. The third-order valence-electron chi connectivity index (χ3n) is 2.72. The molecule has 2 rings (SSSR count). The number of aromatic hydroxyl groups is 1. The van der Waals surface area contributed by atoms with Crippen LogP contribution in [0.3, 0.4) is 0 Å². The molecule has 0 heterocycles. The van der Waals surface area contributed by atoms with Gasteiger partial charge >= 0.3 is 0 Å². The topological polar surface area (TPSA) is 161 Å². The minimum Gasteiger partial charge on any atom is -0.506 e. The Bertz CT molecular complexity index is 933. The number of phenolic OH excluding ortho intramolecular Hbond substituents is 1. The van der Waals surface area contributed by atoms with Crippen molar-refractivity contribution in [1.29, 1.82) is 0 Å². The predicted octanol–water partition coefficient (Wildman–Crippen LogP) is 0.840. The number of nitrogens with one attached hydrogen (secondary N) is 1. The second-order valence-corrected chi connectivity index (χ2v) is 6.85. The van der Waals surface area contributed by atoms with Gasteiger partial charge in [0.1, 0.15) is 16.3 Å². The van der Waals surface area contributed by atoms with Gasteiger partial charge in [0.15, 0.2) is 0 Å². The van der Waals surface area contributed by atoms with Crippen molar-refractivity contribution in [2.24, 2.45) is 0 Å². The summed E-state index contributed by atoms with van der Waals surface area (Å²) in [4.78, 5) is -1.67. The molecule has 2 aromatic carbocycles. The van der Waals surface area contributed by atoms with Gasteiger partial charge < -0.3 is 5.11 Å². The summed E-state index contributed by atoms with van der Waals surface area (Å²) in [5.41, 5.74) is 1.13. The average molecular weight is 335 g/mol. The van der Waals surface area contributed by atoms with E-state index in [2.05, 4.69) is 0 Å². The molecule has 0 atom stereocenters. The van der Waals surface area contributed by atoms with Crippen molar-refractivity contribution < 1.29 is 36.3 Å². The van der Waals surface area contributed by atoms with Gasteiger partial charge in [-0.05, 0) is 23.6 Å². The van der Waals surface area contributed by atoms with Gasteiger partial charge in [0.2, 0.25) is 0 Å². The van der Waals surface area contributed by atoms with E-state index in [0.717, 1.165) is 18.2 Å². The Morgan fingerprint density at radius 2 is 1.57 bits per heavy atom. The van der Waals surface area contributed by atoms with Crippen LogP contribution < -0.4 is 5.48 Å². The first-order valence-corrected chi connectivity index (χ1v) is 8.08. The van der Waals surface area contributed by atoms with Crippen LogP contribution in [0.25, 0.3) is 10.8 Å². The summed E-state index contributed by atoms with van der Waals surface area (Å²) in [6.45, 7) is 0. The third kappa shape index (κ3) is 2.77. The molecule has 9 nitrogen and oxygen atoms in total. The summed E-state index contributed by atoms with van der Waals surface area (Å²) in [5, 5.41) is 18.1. The summed E-state index contributed by atoms with van der Waals surface area (Å²) in [5.74, 6) is -0.533. The number of rotatable bonds is 3. The van der Waals surface area contributed by atoms with Gasteiger partial charge in [-0.2, -0.15) is 16.8 Å². The summed E-state index contributed by atoms with van der Waals surface area (Å²) in [6.07, 6.45) is 0. The van der Waals surface area contributed by atoms with E-state index in [1.807, 2.05) is 0 Å². The zero-order valence-corrected chi connectivity index (χ0v) is 11.7. The molecular formula is C10H9NO8S2. The fourth-order valence-electron chi connectivity index (χ4n) is 1.86. The zero-order chi connectivity index (χ0) is 16.0. The highest BCUT2D eigenvalue weighted by Gasteiger charge is 2.23. The summed E-state index contributed by atoms with van der Waals surface area (Å²) >= 11 is 0. The summed E-state index contributed by atoms with van der Waals surface area (Å²) in [6, 6.07) is 3.63. The lowest BCUT2D eigenvalue weighted by Gasteiger charge is -2.12. The van der Waals surface area contributed by atoms with Crippen LogP contribution in [0, 0.1) is 0 Å². The number of benzene rings is 2. The highest BCUT2D eigenvalue weighted by Crippen LogP contribution is 2.37. The maximum absolute atomic E-state index is 11.4. The van der Waals surface area contributed by atoms with Crippen LogP contribution in [-0.2, 0) is 20.2 Å². The zero-order valence-electron chi connectivity index (χ0n) is 10.0. The lowest BCUT2D eigenvalue weighted by Crippen LogP contribution is -2.06. The maximum Gasteiger partial charge on any atom is 0.295 e. The third-order valence-corrected chi connectivity index (χ3v) is 4.43. The SMILES string of the molecule is O=S(=O)(O)c1cc(S(=O)(=O)O)c2c(NO)c(O)ccc2c1. The van der Waals surface area contributed by atoms with E-state index in [-0.39, 0.29) is 10.8 Å². The lowest BCUT2D eigenvalue weighted by molar-refractivity contribution is 0.382. The van der Waals surface area contributed by atoms with Gasteiger partial charge in [-0.15, -0.1) is 0 Å². The van der Waals surface area contributed by atoms with Crippen LogP contribution >= 0.6 is 0 Å². The second kappa shape index (κ2) is 4.82. The molecule has 0 saturated heterocycles. The monoisotopic (exact) mass is 335 g/mol. The molecule has 114 valence electrons. The summed E-state index contributed by atoms with van der Waals surface area (Å²) < 4.78 is 63.3. The van der Waals surface area contributed by atoms with Crippen molar-refractivity contribution in [1.82, 2.24) is 0 Å². The lowest BCUT2D eigenvalue weighted by atomic mass is 10.1. The molecule has 0 saturated carbocycles. The van der Waals surface area contributed by atoms with Crippen LogP contribution in [0.2, 0.25) is 0 Å². The van der Waals surface area contributed by atoms with Gasteiger partial charge in [0.25, 0.3) is 20.2 Å². The molecule has 5 N–H and O–H groups in total. The Hall–Kier alpha value is -1.92. The highest BCUT2D eigenvalue weighted by atomic mass is 32.2. The normalized spacial score (nSPS) is 12.5. The minimum atomic E-state index is -4.90. The number of phenols is 1. The Balaban J connectivity index is 3.10. The van der Waals surface area contributed by atoms with Crippen molar-refractivity contribution in [3.8, 4) is 5.75 Å².